The molecule has 2 saturated heterocycles. The van der Waals surface area contributed by atoms with Crippen LogP contribution in [0.25, 0.3) is 11.3 Å². The van der Waals surface area contributed by atoms with E-state index < -0.39 is 0 Å². The van der Waals surface area contributed by atoms with Crippen LogP contribution in [-0.2, 0) is 20.7 Å². The van der Waals surface area contributed by atoms with Crippen molar-refractivity contribution in [2.75, 3.05) is 52.5 Å². The summed E-state index contributed by atoms with van der Waals surface area (Å²) in [6.45, 7) is 9.04. The van der Waals surface area contributed by atoms with E-state index in [1.807, 2.05) is 36.9 Å². The van der Waals surface area contributed by atoms with Crippen LogP contribution in [0, 0.1) is 6.92 Å². The van der Waals surface area contributed by atoms with Crippen LogP contribution in [0.15, 0.2) is 22.7 Å². The van der Waals surface area contributed by atoms with E-state index in [1.165, 1.54) is 0 Å². The normalized spacial score (nSPS) is 20.8. The lowest BCUT2D eigenvalue weighted by atomic mass is 10.1. The van der Waals surface area contributed by atoms with Crippen molar-refractivity contribution in [3.8, 4) is 11.3 Å². The van der Waals surface area contributed by atoms with Crippen LogP contribution in [0.3, 0.4) is 0 Å². The molecule has 0 aromatic carbocycles. The first-order valence-electron chi connectivity index (χ1n) is 10.3. The number of nitrogens with zero attached hydrogens (tertiary/aromatic N) is 4. The molecule has 0 saturated carbocycles. The maximum absolute atomic E-state index is 12.8. The van der Waals surface area contributed by atoms with Gasteiger partial charge < -0.3 is 18.9 Å². The Bertz CT molecular complexity index is 847. The maximum atomic E-state index is 12.8. The molecule has 156 valence electrons. The predicted molar refractivity (Wildman–Crippen MR) is 106 cm³/mol. The minimum Gasteiger partial charge on any atom is -0.379 e. The number of amides is 1. The second-order valence-electron chi connectivity index (χ2n) is 7.46. The molecule has 8 heteroatoms. The summed E-state index contributed by atoms with van der Waals surface area (Å²) in [6.07, 6.45) is 0.522. The molecule has 1 amide bonds. The Morgan fingerprint density at radius 2 is 2.03 bits per heavy atom. The third kappa shape index (κ3) is 4.49. The van der Waals surface area contributed by atoms with Gasteiger partial charge in [0.2, 0.25) is 5.91 Å². The van der Waals surface area contributed by atoms with Crippen molar-refractivity contribution in [1.29, 1.82) is 0 Å². The zero-order chi connectivity index (χ0) is 20.2. The summed E-state index contributed by atoms with van der Waals surface area (Å²) in [5.74, 6) is 0.971. The second-order valence-corrected chi connectivity index (χ2v) is 7.46. The monoisotopic (exact) mass is 400 g/mol. The van der Waals surface area contributed by atoms with Gasteiger partial charge in [-0.15, -0.1) is 0 Å². The third-order valence-corrected chi connectivity index (χ3v) is 5.49. The summed E-state index contributed by atoms with van der Waals surface area (Å²) in [5.41, 5.74) is 3.44. The number of aromatic nitrogens is 2. The third-order valence-electron chi connectivity index (χ3n) is 5.49. The van der Waals surface area contributed by atoms with Crippen LogP contribution in [0.2, 0.25) is 0 Å². The van der Waals surface area contributed by atoms with Crippen molar-refractivity contribution < 1.29 is 18.8 Å². The molecular weight excluding hydrogens is 372 g/mol. The lowest BCUT2D eigenvalue weighted by Crippen LogP contribution is -2.48. The van der Waals surface area contributed by atoms with Crippen molar-refractivity contribution >= 4 is 5.91 Å². The molecule has 4 rings (SSSR count). The minimum absolute atomic E-state index is 0.138. The quantitative estimate of drug-likeness (QED) is 0.757. The van der Waals surface area contributed by atoms with Crippen molar-refractivity contribution in [3.63, 3.8) is 0 Å². The topological polar surface area (TPSA) is 80.9 Å². The number of carbonyl (C=O) groups is 1. The van der Waals surface area contributed by atoms with Gasteiger partial charge in [0.1, 0.15) is 11.9 Å². The molecule has 2 aliphatic rings. The van der Waals surface area contributed by atoms with Gasteiger partial charge in [0, 0.05) is 26.1 Å². The zero-order valence-corrected chi connectivity index (χ0v) is 17.1. The number of pyridine rings is 1. The van der Waals surface area contributed by atoms with Crippen LogP contribution >= 0.6 is 0 Å². The Morgan fingerprint density at radius 3 is 2.83 bits per heavy atom. The highest BCUT2D eigenvalue weighted by Gasteiger charge is 2.28. The summed E-state index contributed by atoms with van der Waals surface area (Å²) < 4.78 is 16.7. The first-order chi connectivity index (χ1) is 14.2. The Hall–Kier alpha value is -2.29. The van der Waals surface area contributed by atoms with Crippen LogP contribution in [0.1, 0.15) is 30.2 Å². The van der Waals surface area contributed by atoms with E-state index in [4.69, 9.17) is 19.0 Å². The van der Waals surface area contributed by atoms with Crippen molar-refractivity contribution in [3.05, 3.63) is 35.3 Å². The molecule has 2 aliphatic heterocycles. The van der Waals surface area contributed by atoms with E-state index >= 15 is 0 Å². The summed E-state index contributed by atoms with van der Waals surface area (Å²) >= 11 is 0. The fourth-order valence-electron chi connectivity index (χ4n) is 3.86. The molecule has 4 heterocycles. The number of morpholine rings is 2. The number of hydrogen-bond donors (Lipinski definition) is 0. The van der Waals surface area contributed by atoms with Gasteiger partial charge in [-0.25, -0.2) is 4.98 Å². The van der Waals surface area contributed by atoms with Gasteiger partial charge in [-0.05, 0) is 19.1 Å². The molecule has 1 unspecified atom stereocenters. The zero-order valence-electron chi connectivity index (χ0n) is 17.1. The molecule has 2 fully saturated rings. The van der Waals surface area contributed by atoms with E-state index in [9.17, 15) is 4.79 Å². The molecule has 0 spiro atoms. The Morgan fingerprint density at radius 1 is 1.21 bits per heavy atom. The van der Waals surface area contributed by atoms with E-state index in [2.05, 4.69) is 10.1 Å². The Balaban J connectivity index is 1.47. The Kier molecular flexibility index (Phi) is 6.22. The number of hydrogen-bond acceptors (Lipinski definition) is 7. The van der Waals surface area contributed by atoms with E-state index in [1.54, 1.807) is 0 Å². The first kappa shape index (κ1) is 20.0. The Labute approximate surface area is 170 Å². The highest BCUT2D eigenvalue weighted by Crippen LogP contribution is 2.29. The predicted octanol–water partition coefficient (Wildman–Crippen LogP) is 1.84. The molecular formula is C21H28N4O4. The van der Waals surface area contributed by atoms with Gasteiger partial charge in [-0.1, -0.05) is 18.1 Å². The van der Waals surface area contributed by atoms with Gasteiger partial charge in [0.15, 0.2) is 0 Å². The van der Waals surface area contributed by atoms with Gasteiger partial charge >= 0.3 is 0 Å². The molecule has 2 aromatic heterocycles. The van der Waals surface area contributed by atoms with Crippen LogP contribution in [0.5, 0.6) is 0 Å². The molecule has 0 radical (unpaired) electrons. The molecule has 8 nitrogen and oxygen atoms in total. The standard InChI is InChI=1S/C21H28N4O4/c1-3-18-21(15(2)23-29-18)17-6-4-5-16(22-17)19-13-25(9-12-28-19)20(26)14-24-7-10-27-11-8-24/h4-6,19H,3,7-14H2,1-2H3. The average molecular weight is 400 g/mol. The number of ether oxygens (including phenoxy) is 2. The molecule has 0 N–H and O–H groups in total. The SMILES string of the molecule is CCc1onc(C)c1-c1cccc(C2CN(C(=O)CN3CCOCC3)CCO2)n1. The highest BCUT2D eigenvalue weighted by molar-refractivity contribution is 5.78. The molecule has 0 bridgehead atoms. The minimum atomic E-state index is -0.234. The van der Waals surface area contributed by atoms with E-state index in [0.29, 0.717) is 39.5 Å². The van der Waals surface area contributed by atoms with Gasteiger partial charge in [-0.3, -0.25) is 9.69 Å². The number of aryl methyl sites for hydroxylation is 2. The van der Waals surface area contributed by atoms with Crippen molar-refractivity contribution in [2.24, 2.45) is 0 Å². The van der Waals surface area contributed by atoms with Gasteiger partial charge in [0.05, 0.1) is 55.6 Å². The average Bonchev–Trinajstić information content (AvgIpc) is 3.15. The first-order valence-corrected chi connectivity index (χ1v) is 10.3. The molecule has 2 aromatic rings. The van der Waals surface area contributed by atoms with Gasteiger partial charge in [0.25, 0.3) is 0 Å². The summed E-state index contributed by atoms with van der Waals surface area (Å²) in [7, 11) is 0. The lowest BCUT2D eigenvalue weighted by Gasteiger charge is -2.35. The maximum Gasteiger partial charge on any atom is 0.236 e. The largest absolute Gasteiger partial charge is 0.379 e. The molecule has 0 aliphatic carbocycles. The molecule has 1 atom stereocenters. The van der Waals surface area contributed by atoms with Crippen LogP contribution in [-0.4, -0.2) is 78.4 Å². The number of rotatable bonds is 5. The summed E-state index contributed by atoms with van der Waals surface area (Å²) in [4.78, 5) is 21.6. The smallest absolute Gasteiger partial charge is 0.236 e. The second kappa shape index (κ2) is 9.02. The van der Waals surface area contributed by atoms with Gasteiger partial charge in [-0.2, -0.15) is 0 Å². The van der Waals surface area contributed by atoms with E-state index in [0.717, 1.165) is 47.9 Å². The van der Waals surface area contributed by atoms with Crippen LogP contribution < -0.4 is 0 Å². The molecule has 29 heavy (non-hydrogen) atoms. The fraction of sp³-hybridized carbons (Fsp3) is 0.571. The highest BCUT2D eigenvalue weighted by atomic mass is 16.5. The summed E-state index contributed by atoms with van der Waals surface area (Å²) in [5, 5.41) is 4.08. The number of carbonyl (C=O) groups excluding carboxylic acids is 1. The lowest BCUT2D eigenvalue weighted by molar-refractivity contribution is -0.141. The fourth-order valence-corrected chi connectivity index (χ4v) is 3.86. The van der Waals surface area contributed by atoms with Crippen molar-refractivity contribution in [2.45, 2.75) is 26.4 Å². The van der Waals surface area contributed by atoms with Crippen molar-refractivity contribution in [1.82, 2.24) is 19.9 Å². The van der Waals surface area contributed by atoms with E-state index in [-0.39, 0.29) is 12.0 Å². The van der Waals surface area contributed by atoms with Crippen LogP contribution in [0.4, 0.5) is 0 Å². The summed E-state index contributed by atoms with van der Waals surface area (Å²) in [6, 6.07) is 5.90.